The summed E-state index contributed by atoms with van der Waals surface area (Å²) < 4.78 is 94.0. The Balaban J connectivity index is 0.000000239. The van der Waals surface area contributed by atoms with Crippen LogP contribution < -0.4 is 5.69 Å². The van der Waals surface area contributed by atoms with Gasteiger partial charge in [-0.25, -0.2) is 9.59 Å². The zero-order chi connectivity index (χ0) is 55.6. The minimum Gasteiger partial charge on any atom is -0.460 e. The summed E-state index contributed by atoms with van der Waals surface area (Å²) in [5.74, 6) is -1.17. The number of aliphatic hydroxyl groups excluding tert-OH is 1. The fourth-order valence-corrected chi connectivity index (χ4v) is 9.74. The smallest absolute Gasteiger partial charge is 0.416 e. The molecule has 2 aromatic carbocycles. The number of urea groups is 1. The maximum absolute atomic E-state index is 13.4. The van der Waals surface area contributed by atoms with E-state index in [2.05, 4.69) is 12.1 Å². The highest BCUT2D eigenvalue weighted by atomic mass is 19.4. The standard InChI is InChI=1S/C28H34F3N3O3.C28H32F3N3O3.CH4O/c2*1-27(2,3)37-25(35)18-24(20-8-4-9-21(17-20)28(29,30)31)34-16-15-33(26(34)36)14-6-10-22-13-12-19-7-5-11-23(19)32-22;1-2/h4,8-9,12-13,17,24H,5-7,10-11,14-16,18H2,1-3H3;4,8-9,12-13,15-17,24H,5-7,10-11,14,18H2,1-3H3;2H,1H3. The second kappa shape index (κ2) is 25.1. The number of amides is 2. The molecule has 0 saturated carbocycles. The van der Waals surface area contributed by atoms with Crippen LogP contribution in [0.3, 0.4) is 0 Å². The molecular formula is C57H70F6N6O7. The Hall–Kier alpha value is -6.50. The number of aryl methyl sites for hydroxylation is 7. The summed E-state index contributed by atoms with van der Waals surface area (Å²) in [6.07, 6.45) is 2.83. The van der Waals surface area contributed by atoms with Crippen LogP contribution in [0.25, 0.3) is 0 Å². The van der Waals surface area contributed by atoms with Crippen molar-refractivity contribution in [1.82, 2.24) is 28.9 Å². The van der Waals surface area contributed by atoms with Crippen molar-refractivity contribution in [2.45, 2.75) is 161 Å². The number of hydrogen-bond donors (Lipinski definition) is 1. The Morgan fingerprint density at radius 2 is 1.09 bits per heavy atom. The normalized spacial score (nSPS) is 15.3. The molecule has 412 valence electrons. The molecule has 13 nitrogen and oxygen atoms in total. The van der Waals surface area contributed by atoms with Gasteiger partial charge in [-0.05, 0) is 164 Å². The number of hydrogen-bond acceptors (Lipinski definition) is 9. The van der Waals surface area contributed by atoms with Crippen LogP contribution in [0.15, 0.2) is 90.0 Å². The Kier molecular flexibility index (Phi) is 19.4. The van der Waals surface area contributed by atoms with E-state index in [-0.39, 0.29) is 30.0 Å². The number of carbonyl (C=O) groups excluding carboxylic acids is 3. The van der Waals surface area contributed by atoms with E-state index >= 15 is 0 Å². The molecule has 19 heteroatoms. The predicted octanol–water partition coefficient (Wildman–Crippen LogP) is 10.8. The number of rotatable bonds is 16. The molecule has 1 saturated heterocycles. The SMILES string of the molecule is CC(C)(C)OC(=O)CC(c1cccc(C(F)(F)F)c1)N1CCN(CCCc2ccc3c(n2)CCC3)C1=O.CC(C)(C)OC(=O)CC(c1cccc(C(F)(F)F)c1)n1ccn(CCCc2ccc3c(n2)CCC3)c1=O.CO. The zero-order valence-electron chi connectivity index (χ0n) is 44.4. The van der Waals surface area contributed by atoms with Crippen molar-refractivity contribution in [2.24, 2.45) is 0 Å². The number of nitrogens with zero attached hydrogens (tertiary/aromatic N) is 6. The third kappa shape index (κ3) is 16.3. The summed E-state index contributed by atoms with van der Waals surface area (Å²) in [6.45, 7) is 12.0. The summed E-state index contributed by atoms with van der Waals surface area (Å²) in [5, 5.41) is 7.00. The van der Waals surface area contributed by atoms with Crippen molar-refractivity contribution in [3.63, 3.8) is 0 Å². The van der Waals surface area contributed by atoms with Crippen LogP contribution in [-0.4, -0.2) is 89.9 Å². The average Bonchev–Trinajstić information content (AvgIpc) is 4.17. The Labute approximate surface area is 440 Å². The van der Waals surface area contributed by atoms with E-state index in [1.807, 2.05) is 12.1 Å². The number of pyridine rings is 2. The van der Waals surface area contributed by atoms with Gasteiger partial charge in [0.05, 0.1) is 36.1 Å². The number of fused-ring (bicyclic) bond motifs is 2. The number of benzene rings is 2. The van der Waals surface area contributed by atoms with E-state index in [9.17, 15) is 45.5 Å². The summed E-state index contributed by atoms with van der Waals surface area (Å²) in [5.41, 5.74) is 3.86. The van der Waals surface area contributed by atoms with Crippen LogP contribution in [0.5, 0.6) is 0 Å². The highest BCUT2D eigenvalue weighted by Gasteiger charge is 2.38. The van der Waals surface area contributed by atoms with Crippen molar-refractivity contribution < 1.29 is 55.3 Å². The molecule has 76 heavy (non-hydrogen) atoms. The molecule has 2 aliphatic carbocycles. The Morgan fingerprint density at radius 1 is 0.618 bits per heavy atom. The molecule has 1 fully saturated rings. The molecule has 1 aliphatic heterocycles. The number of imidazole rings is 1. The topological polar surface area (TPSA) is 149 Å². The molecular weight excluding hydrogens is 995 g/mol. The van der Waals surface area contributed by atoms with Gasteiger partial charge in [0, 0.05) is 68.5 Å². The maximum Gasteiger partial charge on any atom is 0.416 e. The lowest BCUT2D eigenvalue weighted by molar-refractivity contribution is -0.157. The molecule has 0 spiro atoms. The minimum absolute atomic E-state index is 0.211. The van der Waals surface area contributed by atoms with Gasteiger partial charge in [0.2, 0.25) is 0 Å². The molecule has 0 bridgehead atoms. The average molecular weight is 1070 g/mol. The highest BCUT2D eigenvalue weighted by Crippen LogP contribution is 2.36. The largest absolute Gasteiger partial charge is 0.460 e. The third-order valence-electron chi connectivity index (χ3n) is 13.1. The predicted molar refractivity (Wildman–Crippen MR) is 274 cm³/mol. The van der Waals surface area contributed by atoms with Crippen molar-refractivity contribution in [1.29, 1.82) is 0 Å². The lowest BCUT2D eigenvalue weighted by Crippen LogP contribution is -2.37. The molecule has 1 N–H and O–H groups in total. The van der Waals surface area contributed by atoms with Gasteiger partial charge < -0.3 is 24.4 Å². The van der Waals surface area contributed by atoms with Crippen molar-refractivity contribution >= 4 is 18.0 Å². The molecule has 3 aliphatic rings. The number of ether oxygens (including phenoxy) is 2. The number of aromatic nitrogens is 4. The minimum atomic E-state index is -4.55. The molecule has 4 heterocycles. The van der Waals surface area contributed by atoms with Crippen LogP contribution in [0.1, 0.15) is 148 Å². The molecule has 2 unspecified atom stereocenters. The van der Waals surface area contributed by atoms with E-state index in [4.69, 9.17) is 24.5 Å². The second-order valence-corrected chi connectivity index (χ2v) is 21.2. The van der Waals surface area contributed by atoms with Gasteiger partial charge in [0.25, 0.3) is 0 Å². The van der Waals surface area contributed by atoms with Gasteiger partial charge in [0.1, 0.15) is 11.2 Å². The van der Waals surface area contributed by atoms with E-state index in [1.165, 1.54) is 61.3 Å². The summed E-state index contributed by atoms with van der Waals surface area (Å²) in [7, 11) is 1.00. The van der Waals surface area contributed by atoms with Gasteiger partial charge in [-0.1, -0.05) is 36.4 Å². The highest BCUT2D eigenvalue weighted by molar-refractivity contribution is 5.79. The quantitative estimate of drug-likeness (QED) is 0.0753. The molecule has 0 radical (unpaired) electrons. The maximum atomic E-state index is 13.4. The molecule has 5 aromatic rings. The summed E-state index contributed by atoms with van der Waals surface area (Å²) >= 11 is 0. The van der Waals surface area contributed by atoms with Gasteiger partial charge in [-0.15, -0.1) is 0 Å². The van der Waals surface area contributed by atoms with E-state index < -0.39 is 64.4 Å². The Bertz CT molecular complexity index is 2850. The van der Waals surface area contributed by atoms with E-state index in [1.54, 1.807) is 52.6 Å². The lowest BCUT2D eigenvalue weighted by Gasteiger charge is -2.29. The van der Waals surface area contributed by atoms with Gasteiger partial charge in [0.15, 0.2) is 0 Å². The first-order chi connectivity index (χ1) is 35.8. The fourth-order valence-electron chi connectivity index (χ4n) is 9.74. The first-order valence-corrected chi connectivity index (χ1v) is 25.8. The lowest BCUT2D eigenvalue weighted by atomic mass is 9.99. The van der Waals surface area contributed by atoms with Crippen LogP contribution in [0.2, 0.25) is 0 Å². The van der Waals surface area contributed by atoms with Crippen molar-refractivity contribution in [3.8, 4) is 0 Å². The molecule has 3 aromatic heterocycles. The van der Waals surface area contributed by atoms with E-state index in [0.717, 1.165) is 99.8 Å². The summed E-state index contributed by atoms with van der Waals surface area (Å²) in [6, 6.07) is 15.8. The first kappa shape index (κ1) is 58.8. The van der Waals surface area contributed by atoms with E-state index in [0.29, 0.717) is 39.0 Å². The van der Waals surface area contributed by atoms with Crippen molar-refractivity contribution in [3.05, 3.63) is 152 Å². The number of alkyl halides is 6. The van der Waals surface area contributed by atoms with Crippen LogP contribution in [-0.2, 0) is 76.5 Å². The number of halogens is 6. The number of esters is 2. The second-order valence-electron chi connectivity index (χ2n) is 21.2. The van der Waals surface area contributed by atoms with Crippen LogP contribution in [0, 0.1) is 0 Å². The van der Waals surface area contributed by atoms with Crippen LogP contribution in [0.4, 0.5) is 31.1 Å². The Morgan fingerprint density at radius 3 is 1.58 bits per heavy atom. The fraction of sp³-hybridized carbons (Fsp3) is 0.509. The first-order valence-electron chi connectivity index (χ1n) is 25.8. The van der Waals surface area contributed by atoms with Gasteiger partial charge in [-0.2, -0.15) is 26.3 Å². The van der Waals surface area contributed by atoms with Gasteiger partial charge in [-0.3, -0.25) is 28.7 Å². The zero-order valence-corrected chi connectivity index (χ0v) is 44.4. The molecule has 2 atom stereocenters. The van der Waals surface area contributed by atoms with Crippen molar-refractivity contribution in [2.75, 3.05) is 26.7 Å². The van der Waals surface area contributed by atoms with Gasteiger partial charge >= 0.3 is 36.0 Å². The number of carbonyl (C=O) groups is 3. The number of aliphatic hydroxyl groups is 1. The third-order valence-corrected chi connectivity index (χ3v) is 13.1. The summed E-state index contributed by atoms with van der Waals surface area (Å²) in [4.78, 5) is 64.6. The monoisotopic (exact) mass is 1060 g/mol. The molecule has 2 amide bonds. The molecule has 8 rings (SSSR count). The van der Waals surface area contributed by atoms with Crippen LogP contribution >= 0.6 is 0 Å².